The van der Waals surface area contributed by atoms with E-state index in [1.807, 2.05) is 35.2 Å². The molecule has 0 saturated heterocycles. The van der Waals surface area contributed by atoms with Gasteiger partial charge in [0.2, 0.25) is 0 Å². The predicted octanol–water partition coefficient (Wildman–Crippen LogP) is 0.438. The van der Waals surface area contributed by atoms with Gasteiger partial charge in [-0.25, -0.2) is 9.36 Å². The Morgan fingerprint density at radius 1 is 1.31 bits per heavy atom. The van der Waals surface area contributed by atoms with E-state index in [0.717, 1.165) is 6.08 Å². The van der Waals surface area contributed by atoms with Crippen LogP contribution in [0.15, 0.2) is 42.7 Å². The summed E-state index contributed by atoms with van der Waals surface area (Å²) in [6, 6.07) is 5.71. The zero-order chi connectivity index (χ0) is 8.81. The first kappa shape index (κ1) is 11.3. The first-order chi connectivity index (χ1) is 5.79. The summed E-state index contributed by atoms with van der Waals surface area (Å²) in [4.78, 5) is 10.1. The van der Waals surface area contributed by atoms with Crippen LogP contribution in [0.2, 0.25) is 0 Å². The first-order valence-electron chi connectivity index (χ1n) is 3.62. The highest BCUT2D eigenvalue weighted by atomic mass is 16.4. The molecule has 2 N–H and O–H groups in total. The molecular weight excluding hydrogens is 170 g/mol. The SMILES string of the molecule is O=C(O)C=CC[n+]1ccccc1.[OH-]. The lowest BCUT2D eigenvalue weighted by Crippen LogP contribution is -2.31. The number of carboxylic acid groups (broad SMARTS) is 1. The van der Waals surface area contributed by atoms with Crippen molar-refractivity contribution in [2.24, 2.45) is 0 Å². The molecule has 0 spiro atoms. The molecule has 0 aromatic carbocycles. The van der Waals surface area contributed by atoms with Crippen molar-refractivity contribution in [3.05, 3.63) is 42.7 Å². The third-order valence-corrected chi connectivity index (χ3v) is 1.35. The number of nitrogens with zero attached hydrogens (tertiary/aromatic N) is 1. The van der Waals surface area contributed by atoms with E-state index in [2.05, 4.69) is 0 Å². The molecule has 0 bridgehead atoms. The Hall–Kier alpha value is -1.68. The molecule has 1 heterocycles. The number of hydrogen-bond donors (Lipinski definition) is 1. The number of allylic oxidation sites excluding steroid dienone is 1. The number of pyridine rings is 1. The van der Waals surface area contributed by atoms with Gasteiger partial charge in [0.25, 0.3) is 0 Å². The van der Waals surface area contributed by atoms with Crippen LogP contribution < -0.4 is 4.57 Å². The number of carbonyl (C=O) groups is 1. The topological polar surface area (TPSA) is 71.2 Å². The molecule has 0 aliphatic rings. The predicted molar refractivity (Wildman–Crippen MR) is 45.3 cm³/mol. The third kappa shape index (κ3) is 4.71. The van der Waals surface area contributed by atoms with Crippen molar-refractivity contribution < 1.29 is 19.9 Å². The maximum atomic E-state index is 10.1. The summed E-state index contributed by atoms with van der Waals surface area (Å²) >= 11 is 0. The van der Waals surface area contributed by atoms with Crippen molar-refractivity contribution in [1.82, 2.24) is 0 Å². The molecule has 4 heteroatoms. The molecule has 0 amide bonds. The van der Waals surface area contributed by atoms with E-state index in [1.54, 1.807) is 6.08 Å². The van der Waals surface area contributed by atoms with Gasteiger partial charge in [0.1, 0.15) is 0 Å². The summed E-state index contributed by atoms with van der Waals surface area (Å²) in [6.45, 7) is 0.590. The molecule has 4 nitrogen and oxygen atoms in total. The molecule has 0 fully saturated rings. The molecule has 0 atom stereocenters. The van der Waals surface area contributed by atoms with E-state index in [-0.39, 0.29) is 5.48 Å². The summed E-state index contributed by atoms with van der Waals surface area (Å²) in [5, 5.41) is 8.30. The van der Waals surface area contributed by atoms with Crippen molar-refractivity contribution in [3.63, 3.8) is 0 Å². The molecule has 0 aliphatic carbocycles. The highest BCUT2D eigenvalue weighted by Gasteiger charge is 1.92. The van der Waals surface area contributed by atoms with Crippen LogP contribution in [0, 0.1) is 0 Å². The highest BCUT2D eigenvalue weighted by molar-refractivity contribution is 5.79. The number of aliphatic carboxylic acids is 1. The molecule has 0 aliphatic heterocycles. The summed E-state index contributed by atoms with van der Waals surface area (Å²) in [6.07, 6.45) is 6.50. The van der Waals surface area contributed by atoms with Crippen LogP contribution in [0.4, 0.5) is 0 Å². The van der Waals surface area contributed by atoms with Crippen molar-refractivity contribution in [2.75, 3.05) is 0 Å². The fourth-order valence-electron chi connectivity index (χ4n) is 0.831. The summed E-state index contributed by atoms with van der Waals surface area (Å²) in [5.74, 6) is -0.911. The second kappa shape index (κ2) is 5.91. The van der Waals surface area contributed by atoms with Gasteiger partial charge in [0.05, 0.1) is 0 Å². The Balaban J connectivity index is 0.00000144. The number of rotatable bonds is 3. The Labute approximate surface area is 76.1 Å². The zero-order valence-corrected chi connectivity index (χ0v) is 7.00. The van der Waals surface area contributed by atoms with Gasteiger partial charge in [-0.3, -0.25) is 0 Å². The Kier molecular flexibility index (Phi) is 5.14. The summed E-state index contributed by atoms with van der Waals surface area (Å²) in [5.41, 5.74) is 0. The van der Waals surface area contributed by atoms with E-state index in [0.29, 0.717) is 6.54 Å². The molecule has 70 valence electrons. The normalized spacial score (nSPS) is 9.54. The minimum absolute atomic E-state index is 0. The van der Waals surface area contributed by atoms with Gasteiger partial charge in [0, 0.05) is 18.2 Å². The average molecular weight is 181 g/mol. The minimum Gasteiger partial charge on any atom is -0.870 e. The van der Waals surface area contributed by atoms with Gasteiger partial charge < -0.3 is 10.6 Å². The summed E-state index contributed by atoms with van der Waals surface area (Å²) in [7, 11) is 0. The largest absolute Gasteiger partial charge is 0.870 e. The summed E-state index contributed by atoms with van der Waals surface area (Å²) < 4.78 is 1.89. The van der Waals surface area contributed by atoms with Crippen LogP contribution in [0.3, 0.4) is 0 Å². The molecule has 0 unspecified atom stereocenters. The molecular formula is C9H11NO3. The van der Waals surface area contributed by atoms with Crippen molar-refractivity contribution in [2.45, 2.75) is 6.54 Å². The second-order valence-corrected chi connectivity index (χ2v) is 2.31. The lowest BCUT2D eigenvalue weighted by molar-refractivity contribution is -0.687. The Morgan fingerprint density at radius 2 is 1.92 bits per heavy atom. The van der Waals surface area contributed by atoms with Crippen LogP contribution >= 0.6 is 0 Å². The lowest BCUT2D eigenvalue weighted by atomic mass is 10.4. The van der Waals surface area contributed by atoms with Gasteiger partial charge in [-0.1, -0.05) is 6.07 Å². The molecule has 0 saturated carbocycles. The smallest absolute Gasteiger partial charge is 0.328 e. The van der Waals surface area contributed by atoms with Crippen molar-refractivity contribution in [1.29, 1.82) is 0 Å². The fourth-order valence-corrected chi connectivity index (χ4v) is 0.831. The minimum atomic E-state index is -0.911. The standard InChI is InChI=1S/C9H9NO2.H2O/c11-9(12)5-4-8-10-6-2-1-3-7-10;/h1-7H,8H2;1H2. The van der Waals surface area contributed by atoms with Crippen LogP contribution in [-0.4, -0.2) is 16.6 Å². The zero-order valence-electron chi connectivity index (χ0n) is 7.00. The van der Waals surface area contributed by atoms with Crippen molar-refractivity contribution in [3.8, 4) is 0 Å². The first-order valence-corrected chi connectivity index (χ1v) is 3.62. The Morgan fingerprint density at radius 3 is 2.46 bits per heavy atom. The second-order valence-electron chi connectivity index (χ2n) is 2.31. The lowest BCUT2D eigenvalue weighted by Gasteiger charge is -1.87. The highest BCUT2D eigenvalue weighted by Crippen LogP contribution is 1.78. The van der Waals surface area contributed by atoms with Crippen LogP contribution in [0.25, 0.3) is 0 Å². The Bertz CT molecular complexity index is 282. The average Bonchev–Trinajstić information content (AvgIpc) is 2.05. The van der Waals surface area contributed by atoms with Gasteiger partial charge in [0.15, 0.2) is 18.9 Å². The van der Waals surface area contributed by atoms with Gasteiger partial charge in [-0.2, -0.15) is 0 Å². The number of hydrogen-bond acceptors (Lipinski definition) is 2. The molecule has 1 aromatic heterocycles. The van der Waals surface area contributed by atoms with Crippen LogP contribution in [-0.2, 0) is 11.3 Å². The quantitative estimate of drug-likeness (QED) is 0.543. The van der Waals surface area contributed by atoms with E-state index in [4.69, 9.17) is 5.11 Å². The maximum absolute atomic E-state index is 10.1. The maximum Gasteiger partial charge on any atom is 0.328 e. The van der Waals surface area contributed by atoms with E-state index in [1.165, 1.54) is 0 Å². The fraction of sp³-hybridized carbons (Fsp3) is 0.111. The number of aromatic nitrogens is 1. The molecule has 1 aromatic rings. The van der Waals surface area contributed by atoms with Gasteiger partial charge in [-0.15, -0.1) is 0 Å². The van der Waals surface area contributed by atoms with E-state index in [9.17, 15) is 4.79 Å². The number of carboxylic acids is 1. The van der Waals surface area contributed by atoms with Gasteiger partial charge >= 0.3 is 5.97 Å². The van der Waals surface area contributed by atoms with Gasteiger partial charge in [-0.05, 0) is 6.08 Å². The van der Waals surface area contributed by atoms with Crippen LogP contribution in [0.1, 0.15) is 0 Å². The molecule has 1 rings (SSSR count). The van der Waals surface area contributed by atoms with E-state index >= 15 is 0 Å². The van der Waals surface area contributed by atoms with E-state index < -0.39 is 5.97 Å². The molecule has 0 radical (unpaired) electrons. The van der Waals surface area contributed by atoms with Crippen LogP contribution in [0.5, 0.6) is 0 Å². The monoisotopic (exact) mass is 181 g/mol. The third-order valence-electron chi connectivity index (χ3n) is 1.35. The van der Waals surface area contributed by atoms with Crippen molar-refractivity contribution >= 4 is 5.97 Å². The molecule has 13 heavy (non-hydrogen) atoms.